The highest BCUT2D eigenvalue weighted by Crippen LogP contribution is 2.40. The van der Waals surface area contributed by atoms with E-state index in [1.807, 2.05) is 0 Å². The molecule has 0 saturated heterocycles. The van der Waals surface area contributed by atoms with E-state index in [0.29, 0.717) is 0 Å². The van der Waals surface area contributed by atoms with Crippen molar-refractivity contribution in [2.24, 2.45) is 0 Å². The van der Waals surface area contributed by atoms with Gasteiger partial charge in [0.2, 0.25) is 0 Å². The highest BCUT2D eigenvalue weighted by atomic mass is 19.4. The van der Waals surface area contributed by atoms with Gasteiger partial charge >= 0.3 is 6.18 Å². The Morgan fingerprint density at radius 1 is 0.973 bits per heavy atom. The second-order valence-electron chi connectivity index (χ2n) is 8.17. The quantitative estimate of drug-likeness (QED) is 0.225. The maximum absolute atomic E-state index is 13.4. The second kappa shape index (κ2) is 11.6. The Balaban J connectivity index is 0.000000266. The van der Waals surface area contributed by atoms with Crippen molar-refractivity contribution in [3.8, 4) is 16.8 Å². The zero-order valence-electron chi connectivity index (χ0n) is 20.7. The first-order valence-electron chi connectivity index (χ1n) is 11.6. The summed E-state index contributed by atoms with van der Waals surface area (Å²) in [5, 5.41) is 14.3. The molecule has 0 radical (unpaired) electrons. The Labute approximate surface area is 213 Å². The van der Waals surface area contributed by atoms with E-state index in [2.05, 4.69) is 55.0 Å². The van der Waals surface area contributed by atoms with E-state index in [1.165, 1.54) is 47.6 Å². The van der Waals surface area contributed by atoms with Crippen molar-refractivity contribution in [2.45, 2.75) is 26.9 Å². The van der Waals surface area contributed by atoms with Crippen molar-refractivity contribution in [3.05, 3.63) is 100 Å². The van der Waals surface area contributed by atoms with Crippen LogP contribution in [-0.2, 0) is 6.18 Å². The van der Waals surface area contributed by atoms with Crippen molar-refractivity contribution >= 4 is 17.2 Å². The lowest BCUT2D eigenvalue weighted by Crippen LogP contribution is -2.21. The molecular weight excluding hydrogens is 483 g/mol. The van der Waals surface area contributed by atoms with Crippen LogP contribution in [-0.4, -0.2) is 27.8 Å². The van der Waals surface area contributed by atoms with Gasteiger partial charge in [-0.25, -0.2) is 4.68 Å². The molecule has 1 heterocycles. The molecule has 0 bridgehead atoms. The van der Waals surface area contributed by atoms with Gasteiger partial charge in [0.05, 0.1) is 16.2 Å². The lowest BCUT2D eigenvalue weighted by Gasteiger charge is -2.21. The van der Waals surface area contributed by atoms with Gasteiger partial charge in [0.1, 0.15) is 5.82 Å². The summed E-state index contributed by atoms with van der Waals surface area (Å²) < 4.78 is 41.1. The number of halogens is 3. The van der Waals surface area contributed by atoms with Gasteiger partial charge in [-0.15, -0.1) is 0 Å². The molecule has 4 aromatic rings. The number of non-ortho nitro benzene ring substituents is 1. The highest BCUT2D eigenvalue weighted by molar-refractivity contribution is 5.78. The number of rotatable bonds is 6. The normalized spacial score (nSPS) is 11.0. The number of hydrogen-bond acceptors (Lipinski definition) is 5. The molecule has 2 N–H and O–H groups in total. The minimum Gasteiger partial charge on any atom is -0.383 e. The lowest BCUT2D eigenvalue weighted by molar-refractivity contribution is -0.384. The lowest BCUT2D eigenvalue weighted by atomic mass is 10.1. The Bertz CT molecular complexity index is 1330. The monoisotopic (exact) mass is 511 g/mol. The van der Waals surface area contributed by atoms with Gasteiger partial charge in [-0.2, -0.15) is 18.3 Å². The summed E-state index contributed by atoms with van der Waals surface area (Å²) in [5.74, 6) is -0.202. The maximum Gasteiger partial charge on any atom is 0.435 e. The molecule has 0 spiro atoms. The van der Waals surface area contributed by atoms with Gasteiger partial charge in [0.25, 0.3) is 5.69 Å². The summed E-state index contributed by atoms with van der Waals surface area (Å²) in [7, 11) is 0. The van der Waals surface area contributed by atoms with Gasteiger partial charge in [0, 0.05) is 30.9 Å². The van der Waals surface area contributed by atoms with E-state index in [-0.39, 0.29) is 28.3 Å². The van der Waals surface area contributed by atoms with E-state index in [4.69, 9.17) is 5.73 Å². The van der Waals surface area contributed by atoms with E-state index >= 15 is 0 Å². The molecule has 0 aliphatic carbocycles. The molecule has 0 amide bonds. The number of aromatic nitrogens is 2. The molecule has 1 aromatic heterocycles. The Morgan fingerprint density at radius 3 is 2.11 bits per heavy atom. The first kappa shape index (κ1) is 27.3. The zero-order chi connectivity index (χ0) is 27.2. The summed E-state index contributed by atoms with van der Waals surface area (Å²) in [6.07, 6.45) is -4.70. The van der Waals surface area contributed by atoms with Crippen LogP contribution in [0, 0.1) is 17.0 Å². The van der Waals surface area contributed by atoms with Gasteiger partial charge < -0.3 is 10.6 Å². The predicted octanol–water partition coefficient (Wildman–Crippen LogP) is 6.89. The summed E-state index contributed by atoms with van der Waals surface area (Å²) >= 11 is 0. The van der Waals surface area contributed by atoms with Crippen molar-refractivity contribution < 1.29 is 18.1 Å². The molecule has 3 aromatic carbocycles. The average molecular weight is 512 g/mol. The zero-order valence-corrected chi connectivity index (χ0v) is 20.7. The van der Waals surface area contributed by atoms with E-state index in [0.717, 1.165) is 17.8 Å². The van der Waals surface area contributed by atoms with Crippen LogP contribution in [0.2, 0.25) is 0 Å². The molecule has 37 heavy (non-hydrogen) atoms. The number of benzene rings is 3. The molecule has 194 valence electrons. The van der Waals surface area contributed by atoms with Gasteiger partial charge in [-0.05, 0) is 56.2 Å². The number of nitro groups is 1. The molecule has 0 aliphatic heterocycles. The third-order valence-corrected chi connectivity index (χ3v) is 5.69. The number of anilines is 2. The number of nitro benzene ring substituents is 1. The van der Waals surface area contributed by atoms with Gasteiger partial charge in [0.15, 0.2) is 5.69 Å². The van der Waals surface area contributed by atoms with Gasteiger partial charge in [-0.3, -0.25) is 10.1 Å². The van der Waals surface area contributed by atoms with Crippen LogP contribution < -0.4 is 10.6 Å². The van der Waals surface area contributed by atoms with E-state index in [9.17, 15) is 23.3 Å². The third kappa shape index (κ3) is 6.46. The van der Waals surface area contributed by atoms with Crippen LogP contribution >= 0.6 is 0 Å². The molecular formula is C27H28F3N5O2. The van der Waals surface area contributed by atoms with Crippen LogP contribution in [0.3, 0.4) is 0 Å². The molecule has 0 unspecified atom stereocenters. The number of nitrogens with zero attached hydrogens (tertiary/aromatic N) is 4. The number of alkyl halides is 3. The smallest absolute Gasteiger partial charge is 0.383 e. The van der Waals surface area contributed by atoms with E-state index < -0.39 is 16.8 Å². The number of aryl methyl sites for hydroxylation is 1. The number of hydrogen-bond donors (Lipinski definition) is 1. The van der Waals surface area contributed by atoms with Crippen LogP contribution in [0.4, 0.5) is 30.4 Å². The minimum atomic E-state index is -4.70. The second-order valence-corrected chi connectivity index (χ2v) is 8.17. The summed E-state index contributed by atoms with van der Waals surface area (Å²) in [6.45, 7) is 8.67. The van der Waals surface area contributed by atoms with E-state index in [1.54, 1.807) is 18.2 Å². The largest absolute Gasteiger partial charge is 0.435 e. The molecule has 0 saturated carbocycles. The molecule has 10 heteroatoms. The number of nitrogen functional groups attached to an aromatic ring is 1. The van der Waals surface area contributed by atoms with Crippen LogP contribution in [0.5, 0.6) is 0 Å². The maximum atomic E-state index is 13.4. The summed E-state index contributed by atoms with van der Waals surface area (Å²) in [6, 6.07) is 21.4. The Kier molecular flexibility index (Phi) is 8.54. The number of nitrogens with two attached hydrogens (primary N) is 1. The molecule has 0 atom stereocenters. The fourth-order valence-corrected chi connectivity index (χ4v) is 3.84. The fourth-order valence-electron chi connectivity index (χ4n) is 3.84. The molecule has 7 nitrogen and oxygen atoms in total. The molecule has 4 rings (SSSR count). The predicted molar refractivity (Wildman–Crippen MR) is 140 cm³/mol. The first-order valence-corrected chi connectivity index (χ1v) is 11.6. The summed E-state index contributed by atoms with van der Waals surface area (Å²) in [5.41, 5.74) is 7.53. The topological polar surface area (TPSA) is 90.2 Å². The van der Waals surface area contributed by atoms with Crippen molar-refractivity contribution in [2.75, 3.05) is 23.7 Å². The average Bonchev–Trinajstić information content (AvgIpc) is 3.23. The SMILES string of the molecule is CCN(CC)c1cccc(C)c1.Nc1c(-c2ccccc2)c(C(F)(F)F)nn1-c1ccc([N+](=O)[O-])cc1. The summed E-state index contributed by atoms with van der Waals surface area (Å²) in [4.78, 5) is 12.4. The molecule has 0 aliphatic rings. The Hall–Kier alpha value is -4.34. The first-order chi connectivity index (χ1) is 17.6. The van der Waals surface area contributed by atoms with Crippen LogP contribution in [0.15, 0.2) is 78.9 Å². The Morgan fingerprint density at radius 2 is 1.59 bits per heavy atom. The molecule has 0 fully saturated rings. The van der Waals surface area contributed by atoms with Crippen molar-refractivity contribution in [3.63, 3.8) is 0 Å². The highest BCUT2D eigenvalue weighted by Gasteiger charge is 2.39. The third-order valence-electron chi connectivity index (χ3n) is 5.69. The van der Waals surface area contributed by atoms with Gasteiger partial charge in [-0.1, -0.05) is 42.5 Å². The standard InChI is InChI=1S/C16H11F3N4O2.C11H17N/c17-16(18,19)14-13(10-4-2-1-3-5-10)15(20)22(21-14)11-6-8-12(9-7-11)23(24)25;1-4-12(5-2)11-8-6-7-10(3)9-11/h1-9H,20H2;6-9H,4-5H2,1-3H3. The van der Waals surface area contributed by atoms with Crippen molar-refractivity contribution in [1.82, 2.24) is 9.78 Å². The van der Waals surface area contributed by atoms with Crippen LogP contribution in [0.1, 0.15) is 25.1 Å². The van der Waals surface area contributed by atoms with Crippen LogP contribution in [0.25, 0.3) is 16.8 Å². The van der Waals surface area contributed by atoms with Crippen molar-refractivity contribution in [1.29, 1.82) is 0 Å². The fraction of sp³-hybridized carbons (Fsp3) is 0.222. The minimum absolute atomic E-state index is 0.186.